The molecule has 1 fully saturated rings. The lowest BCUT2D eigenvalue weighted by molar-refractivity contribution is -0.130. The molecule has 31 heavy (non-hydrogen) atoms. The highest BCUT2D eigenvalue weighted by Gasteiger charge is 2.25. The van der Waals surface area contributed by atoms with Crippen molar-refractivity contribution in [2.45, 2.75) is 32.7 Å². The molecule has 1 atom stereocenters. The molecule has 0 aliphatic carbocycles. The zero-order valence-electron chi connectivity index (χ0n) is 17.9. The summed E-state index contributed by atoms with van der Waals surface area (Å²) in [6.07, 6.45) is 8.80. The SMILES string of the molecule is CC(=O)N(CC1CCN(c2ncc(C(=O)NO)cn2)CC1)C(C)C=Cc1ccccc1. The van der Waals surface area contributed by atoms with Crippen LogP contribution in [0.3, 0.4) is 0 Å². The van der Waals surface area contributed by atoms with Gasteiger partial charge in [0.05, 0.1) is 5.56 Å². The highest BCUT2D eigenvalue weighted by atomic mass is 16.5. The summed E-state index contributed by atoms with van der Waals surface area (Å²) in [6, 6.07) is 10.1. The lowest BCUT2D eigenvalue weighted by Crippen LogP contribution is -2.43. The summed E-state index contributed by atoms with van der Waals surface area (Å²) >= 11 is 0. The van der Waals surface area contributed by atoms with E-state index >= 15 is 0 Å². The first-order valence-corrected chi connectivity index (χ1v) is 10.5. The topological polar surface area (TPSA) is 98.7 Å². The van der Waals surface area contributed by atoms with Crippen LogP contribution < -0.4 is 10.4 Å². The summed E-state index contributed by atoms with van der Waals surface area (Å²) in [7, 11) is 0. The largest absolute Gasteiger partial charge is 0.341 e. The van der Waals surface area contributed by atoms with Crippen LogP contribution >= 0.6 is 0 Å². The molecule has 2 amide bonds. The normalized spacial score (nSPS) is 15.6. The highest BCUT2D eigenvalue weighted by Crippen LogP contribution is 2.22. The summed E-state index contributed by atoms with van der Waals surface area (Å²) in [6.45, 7) is 5.97. The molecule has 3 rings (SSSR count). The minimum atomic E-state index is -0.634. The second-order valence-corrected chi connectivity index (χ2v) is 7.82. The van der Waals surface area contributed by atoms with Crippen molar-refractivity contribution in [3.63, 3.8) is 0 Å². The van der Waals surface area contributed by atoms with Crippen LogP contribution in [0, 0.1) is 5.92 Å². The molecule has 2 N–H and O–H groups in total. The summed E-state index contributed by atoms with van der Waals surface area (Å²) in [5.41, 5.74) is 2.89. The molecule has 0 saturated carbocycles. The predicted molar refractivity (Wildman–Crippen MR) is 119 cm³/mol. The molecule has 2 heterocycles. The fourth-order valence-corrected chi connectivity index (χ4v) is 3.76. The Hall–Kier alpha value is -3.26. The van der Waals surface area contributed by atoms with Crippen LogP contribution in [0.25, 0.3) is 6.08 Å². The van der Waals surface area contributed by atoms with Gasteiger partial charge in [0, 0.05) is 45.0 Å². The van der Waals surface area contributed by atoms with Crippen LogP contribution in [-0.2, 0) is 4.79 Å². The van der Waals surface area contributed by atoms with E-state index in [2.05, 4.69) is 27.0 Å². The van der Waals surface area contributed by atoms with Gasteiger partial charge in [0.15, 0.2) is 0 Å². The van der Waals surface area contributed by atoms with Crippen molar-refractivity contribution < 1.29 is 14.8 Å². The quantitative estimate of drug-likeness (QED) is 0.525. The fraction of sp³-hybridized carbons (Fsp3) is 0.391. The minimum Gasteiger partial charge on any atom is -0.341 e. The second-order valence-electron chi connectivity index (χ2n) is 7.82. The smallest absolute Gasteiger partial charge is 0.277 e. The molecule has 1 unspecified atom stereocenters. The minimum absolute atomic E-state index is 0.0179. The summed E-state index contributed by atoms with van der Waals surface area (Å²) < 4.78 is 0. The van der Waals surface area contributed by atoms with E-state index < -0.39 is 5.91 Å². The number of carbonyl (C=O) groups excluding carboxylic acids is 2. The lowest BCUT2D eigenvalue weighted by Gasteiger charge is -2.36. The Kier molecular flexibility index (Phi) is 7.72. The molecular formula is C23H29N5O3. The van der Waals surface area contributed by atoms with Crippen molar-refractivity contribution in [3.8, 4) is 0 Å². The number of anilines is 1. The van der Waals surface area contributed by atoms with Gasteiger partial charge in [-0.05, 0) is 31.2 Å². The van der Waals surface area contributed by atoms with Crippen LogP contribution in [0.4, 0.5) is 5.95 Å². The zero-order valence-corrected chi connectivity index (χ0v) is 17.9. The van der Waals surface area contributed by atoms with Crippen LogP contribution in [0.5, 0.6) is 0 Å². The Labute approximate surface area is 182 Å². The maximum Gasteiger partial charge on any atom is 0.277 e. The summed E-state index contributed by atoms with van der Waals surface area (Å²) in [4.78, 5) is 36.2. The molecule has 164 valence electrons. The Morgan fingerprint density at radius 2 is 1.87 bits per heavy atom. The van der Waals surface area contributed by atoms with Crippen molar-refractivity contribution >= 4 is 23.8 Å². The predicted octanol–water partition coefficient (Wildman–Crippen LogP) is 2.76. The number of carbonyl (C=O) groups is 2. The van der Waals surface area contributed by atoms with Gasteiger partial charge in [0.1, 0.15) is 0 Å². The van der Waals surface area contributed by atoms with Crippen LogP contribution in [-0.4, -0.2) is 57.6 Å². The Balaban J connectivity index is 1.54. The zero-order chi connectivity index (χ0) is 22.2. The molecule has 1 aromatic heterocycles. The van der Waals surface area contributed by atoms with Gasteiger partial charge in [-0.1, -0.05) is 42.5 Å². The monoisotopic (exact) mass is 423 g/mol. The van der Waals surface area contributed by atoms with Gasteiger partial charge in [-0.15, -0.1) is 0 Å². The number of aromatic nitrogens is 2. The molecule has 1 saturated heterocycles. The van der Waals surface area contributed by atoms with Gasteiger partial charge in [0.2, 0.25) is 11.9 Å². The first kappa shape index (κ1) is 22.4. The standard InChI is InChI=1S/C23H29N5O3/c1-17(8-9-19-6-4-3-5-7-19)28(18(2)29)16-20-10-12-27(13-11-20)23-24-14-21(15-25-23)22(30)26-31/h3-9,14-15,17,20,31H,10-13,16H2,1-2H3,(H,26,30). The Morgan fingerprint density at radius 1 is 1.23 bits per heavy atom. The van der Waals surface area contributed by atoms with Crippen molar-refractivity contribution in [1.29, 1.82) is 0 Å². The third-order valence-corrected chi connectivity index (χ3v) is 5.62. The van der Waals surface area contributed by atoms with Gasteiger partial charge < -0.3 is 9.80 Å². The van der Waals surface area contributed by atoms with Gasteiger partial charge in [-0.25, -0.2) is 15.4 Å². The molecule has 1 aliphatic heterocycles. The van der Waals surface area contributed by atoms with E-state index in [9.17, 15) is 9.59 Å². The van der Waals surface area contributed by atoms with E-state index in [0.29, 0.717) is 11.9 Å². The average molecular weight is 424 g/mol. The summed E-state index contributed by atoms with van der Waals surface area (Å²) in [5, 5.41) is 8.68. The van der Waals surface area contributed by atoms with Crippen molar-refractivity contribution in [1.82, 2.24) is 20.3 Å². The number of hydrogen-bond donors (Lipinski definition) is 2. The van der Waals surface area contributed by atoms with Gasteiger partial charge >= 0.3 is 0 Å². The highest BCUT2D eigenvalue weighted by molar-refractivity contribution is 5.92. The Morgan fingerprint density at radius 3 is 2.45 bits per heavy atom. The van der Waals surface area contributed by atoms with Crippen LogP contribution in [0.1, 0.15) is 42.6 Å². The molecule has 8 heteroatoms. The van der Waals surface area contributed by atoms with Gasteiger partial charge in [-0.2, -0.15) is 0 Å². The molecule has 0 radical (unpaired) electrons. The van der Waals surface area contributed by atoms with Gasteiger partial charge in [0.25, 0.3) is 5.91 Å². The lowest BCUT2D eigenvalue weighted by atomic mass is 9.95. The number of hydroxylamine groups is 1. The fourth-order valence-electron chi connectivity index (χ4n) is 3.76. The molecule has 0 bridgehead atoms. The number of amides is 2. The van der Waals surface area contributed by atoms with Crippen LogP contribution in [0.15, 0.2) is 48.8 Å². The number of hydrogen-bond acceptors (Lipinski definition) is 6. The van der Waals surface area contributed by atoms with Crippen molar-refractivity contribution in [2.75, 3.05) is 24.5 Å². The van der Waals surface area contributed by atoms with Crippen molar-refractivity contribution in [2.24, 2.45) is 5.92 Å². The molecule has 0 spiro atoms. The molecular weight excluding hydrogens is 394 g/mol. The average Bonchev–Trinajstić information content (AvgIpc) is 2.81. The third-order valence-electron chi connectivity index (χ3n) is 5.62. The first-order chi connectivity index (χ1) is 15.0. The maximum atomic E-state index is 12.3. The number of nitrogens with zero attached hydrogens (tertiary/aromatic N) is 4. The van der Waals surface area contributed by atoms with Crippen molar-refractivity contribution in [3.05, 3.63) is 59.9 Å². The number of rotatable bonds is 7. The van der Waals surface area contributed by atoms with Crippen LogP contribution in [0.2, 0.25) is 0 Å². The molecule has 2 aromatic rings. The Bertz CT molecular complexity index is 893. The van der Waals surface area contributed by atoms with E-state index in [1.54, 1.807) is 12.4 Å². The number of piperidine rings is 1. The maximum absolute atomic E-state index is 12.3. The molecule has 8 nitrogen and oxygen atoms in total. The first-order valence-electron chi connectivity index (χ1n) is 10.5. The molecule has 1 aromatic carbocycles. The number of benzene rings is 1. The summed E-state index contributed by atoms with van der Waals surface area (Å²) in [5.74, 6) is 0.418. The van der Waals surface area contributed by atoms with E-state index in [1.165, 1.54) is 12.4 Å². The second kappa shape index (κ2) is 10.7. The van der Waals surface area contributed by atoms with E-state index in [4.69, 9.17) is 5.21 Å². The van der Waals surface area contributed by atoms with E-state index in [-0.39, 0.29) is 17.5 Å². The third kappa shape index (κ3) is 6.11. The molecule has 1 aliphatic rings. The number of nitrogens with one attached hydrogen (secondary N) is 1. The van der Waals surface area contributed by atoms with E-state index in [0.717, 1.165) is 38.0 Å². The van der Waals surface area contributed by atoms with Gasteiger partial charge in [-0.3, -0.25) is 14.8 Å². The van der Waals surface area contributed by atoms with E-state index in [1.807, 2.05) is 42.2 Å².